The normalized spacial score (nSPS) is 14.4. The lowest BCUT2D eigenvalue weighted by Crippen LogP contribution is -2.20. The van der Waals surface area contributed by atoms with Crippen LogP contribution in [0.25, 0.3) is 0 Å². The van der Waals surface area contributed by atoms with Gasteiger partial charge in [0.05, 0.1) is 0 Å². The molecular weight excluding hydrogens is 246 g/mol. The maximum absolute atomic E-state index is 10.7. The van der Waals surface area contributed by atoms with Gasteiger partial charge in [-0.3, -0.25) is 0 Å². The third-order valence-corrected chi connectivity index (χ3v) is 4.00. The van der Waals surface area contributed by atoms with Crippen LogP contribution in [-0.2, 0) is 10.8 Å². The molecule has 20 heavy (non-hydrogen) atoms. The summed E-state index contributed by atoms with van der Waals surface area (Å²) in [7, 11) is 0. The van der Waals surface area contributed by atoms with E-state index in [1.165, 1.54) is 5.56 Å². The minimum Gasteiger partial charge on any atom is -0.507 e. The average molecular weight is 277 g/mol. The molecule has 0 fully saturated rings. The SMILES string of the molecule is CCC(CN)c1cc(C(C)(C)C)c(O)c(C(C)(C)C)c1. The molecule has 2 heteroatoms. The van der Waals surface area contributed by atoms with Crippen LogP contribution >= 0.6 is 0 Å². The summed E-state index contributed by atoms with van der Waals surface area (Å²) in [6.45, 7) is 15.7. The number of benzene rings is 1. The molecule has 0 saturated carbocycles. The highest BCUT2D eigenvalue weighted by molar-refractivity contribution is 5.50. The van der Waals surface area contributed by atoms with Crippen molar-refractivity contribution in [1.29, 1.82) is 0 Å². The fourth-order valence-electron chi connectivity index (χ4n) is 2.57. The van der Waals surface area contributed by atoms with E-state index in [1.54, 1.807) is 0 Å². The fourth-order valence-corrected chi connectivity index (χ4v) is 2.57. The quantitative estimate of drug-likeness (QED) is 0.858. The summed E-state index contributed by atoms with van der Waals surface area (Å²) < 4.78 is 0. The van der Waals surface area contributed by atoms with Crippen molar-refractivity contribution in [2.75, 3.05) is 6.54 Å². The van der Waals surface area contributed by atoms with Gasteiger partial charge in [-0.15, -0.1) is 0 Å². The standard InChI is InChI=1S/C18H31NO/c1-8-12(11-19)13-9-14(17(2,3)4)16(20)15(10-13)18(5,6)7/h9-10,12,20H,8,11,19H2,1-7H3. The number of hydrogen-bond donors (Lipinski definition) is 2. The Bertz CT molecular complexity index is 424. The predicted octanol–water partition coefficient (Wildman–Crippen LogP) is 4.44. The molecule has 2 nitrogen and oxygen atoms in total. The van der Waals surface area contributed by atoms with E-state index in [2.05, 4.69) is 60.6 Å². The number of phenols is 1. The minimum absolute atomic E-state index is 0.0764. The molecule has 0 spiro atoms. The van der Waals surface area contributed by atoms with Crippen LogP contribution < -0.4 is 5.73 Å². The first-order valence-electron chi connectivity index (χ1n) is 7.60. The summed E-state index contributed by atoms with van der Waals surface area (Å²) in [4.78, 5) is 0. The lowest BCUT2D eigenvalue weighted by atomic mass is 9.77. The van der Waals surface area contributed by atoms with Gasteiger partial charge >= 0.3 is 0 Å². The second-order valence-corrected chi connectivity index (χ2v) is 7.81. The van der Waals surface area contributed by atoms with Gasteiger partial charge in [0.2, 0.25) is 0 Å². The molecule has 0 radical (unpaired) electrons. The van der Waals surface area contributed by atoms with Crippen molar-refractivity contribution in [1.82, 2.24) is 0 Å². The van der Waals surface area contributed by atoms with E-state index < -0.39 is 0 Å². The summed E-state index contributed by atoms with van der Waals surface area (Å²) >= 11 is 0. The molecule has 1 atom stereocenters. The van der Waals surface area contributed by atoms with E-state index >= 15 is 0 Å². The zero-order valence-corrected chi connectivity index (χ0v) is 14.2. The highest BCUT2D eigenvalue weighted by Gasteiger charge is 2.27. The van der Waals surface area contributed by atoms with E-state index in [0.29, 0.717) is 18.2 Å². The molecule has 0 amide bonds. The van der Waals surface area contributed by atoms with E-state index in [0.717, 1.165) is 17.5 Å². The highest BCUT2D eigenvalue weighted by Crippen LogP contribution is 2.41. The third kappa shape index (κ3) is 3.54. The van der Waals surface area contributed by atoms with Gasteiger partial charge in [-0.05, 0) is 46.4 Å². The first-order valence-corrected chi connectivity index (χ1v) is 7.60. The fraction of sp³-hybridized carbons (Fsp3) is 0.667. The van der Waals surface area contributed by atoms with Gasteiger partial charge in [-0.25, -0.2) is 0 Å². The van der Waals surface area contributed by atoms with Gasteiger partial charge in [-0.1, -0.05) is 60.6 Å². The third-order valence-electron chi connectivity index (χ3n) is 4.00. The van der Waals surface area contributed by atoms with Crippen LogP contribution in [0.15, 0.2) is 12.1 Å². The van der Waals surface area contributed by atoms with Gasteiger partial charge in [0.25, 0.3) is 0 Å². The zero-order valence-electron chi connectivity index (χ0n) is 14.2. The van der Waals surface area contributed by atoms with Crippen LogP contribution in [0.4, 0.5) is 0 Å². The summed E-state index contributed by atoms with van der Waals surface area (Å²) in [6.07, 6.45) is 1.02. The minimum atomic E-state index is -0.0764. The van der Waals surface area contributed by atoms with Crippen LogP contribution in [-0.4, -0.2) is 11.7 Å². The molecule has 1 rings (SSSR count). The Kier molecular flexibility index (Phi) is 4.91. The van der Waals surface area contributed by atoms with Crippen LogP contribution in [0.3, 0.4) is 0 Å². The van der Waals surface area contributed by atoms with Crippen LogP contribution in [0.1, 0.15) is 77.5 Å². The van der Waals surface area contributed by atoms with Crippen molar-refractivity contribution in [2.45, 2.75) is 71.6 Å². The van der Waals surface area contributed by atoms with E-state index in [9.17, 15) is 5.11 Å². The van der Waals surface area contributed by atoms with E-state index in [-0.39, 0.29) is 10.8 Å². The maximum atomic E-state index is 10.7. The van der Waals surface area contributed by atoms with Gasteiger partial charge < -0.3 is 10.8 Å². The van der Waals surface area contributed by atoms with E-state index in [1.807, 2.05) is 0 Å². The molecule has 0 heterocycles. The number of phenolic OH excluding ortho intramolecular Hbond substituents is 1. The molecule has 0 aliphatic carbocycles. The van der Waals surface area contributed by atoms with Crippen molar-refractivity contribution >= 4 is 0 Å². The summed E-state index contributed by atoms with van der Waals surface area (Å²) in [5.41, 5.74) is 9.05. The average Bonchev–Trinajstić information content (AvgIpc) is 2.29. The number of hydrogen-bond acceptors (Lipinski definition) is 2. The number of rotatable bonds is 3. The summed E-state index contributed by atoms with van der Waals surface area (Å²) in [5, 5.41) is 10.7. The lowest BCUT2D eigenvalue weighted by molar-refractivity contribution is 0.422. The molecule has 0 bridgehead atoms. The second kappa shape index (κ2) is 5.77. The van der Waals surface area contributed by atoms with Crippen LogP contribution in [0.5, 0.6) is 5.75 Å². The first-order chi connectivity index (χ1) is 9.02. The van der Waals surface area contributed by atoms with Gasteiger partial charge in [0.1, 0.15) is 5.75 Å². The molecule has 1 aromatic rings. The number of nitrogens with two attached hydrogens (primary N) is 1. The highest BCUT2D eigenvalue weighted by atomic mass is 16.3. The molecule has 0 aliphatic rings. The largest absolute Gasteiger partial charge is 0.507 e. The summed E-state index contributed by atoms with van der Waals surface area (Å²) in [5.74, 6) is 0.804. The van der Waals surface area contributed by atoms with Crippen LogP contribution in [0.2, 0.25) is 0 Å². The van der Waals surface area contributed by atoms with Crippen LogP contribution in [0, 0.1) is 0 Å². The molecule has 0 aromatic heterocycles. The Hall–Kier alpha value is -1.02. The zero-order chi connectivity index (χ0) is 15.7. The molecule has 3 N–H and O–H groups in total. The molecule has 0 saturated heterocycles. The summed E-state index contributed by atoms with van der Waals surface area (Å²) in [6, 6.07) is 4.29. The Morgan fingerprint density at radius 3 is 1.65 bits per heavy atom. The Labute approximate surface area is 124 Å². The predicted molar refractivity (Wildman–Crippen MR) is 87.6 cm³/mol. The Morgan fingerprint density at radius 1 is 1.00 bits per heavy atom. The Balaban J connectivity index is 3.58. The molecule has 1 aromatic carbocycles. The Morgan fingerprint density at radius 2 is 1.40 bits per heavy atom. The molecular formula is C18H31NO. The van der Waals surface area contributed by atoms with Crippen molar-refractivity contribution in [2.24, 2.45) is 5.73 Å². The maximum Gasteiger partial charge on any atom is 0.123 e. The number of aromatic hydroxyl groups is 1. The van der Waals surface area contributed by atoms with Crippen molar-refractivity contribution in [3.63, 3.8) is 0 Å². The topological polar surface area (TPSA) is 46.2 Å². The van der Waals surface area contributed by atoms with Crippen molar-refractivity contribution in [3.8, 4) is 5.75 Å². The van der Waals surface area contributed by atoms with Crippen molar-refractivity contribution < 1.29 is 5.11 Å². The van der Waals surface area contributed by atoms with Gasteiger partial charge in [0, 0.05) is 0 Å². The van der Waals surface area contributed by atoms with Crippen molar-refractivity contribution in [3.05, 3.63) is 28.8 Å². The van der Waals surface area contributed by atoms with Gasteiger partial charge in [0.15, 0.2) is 0 Å². The second-order valence-electron chi connectivity index (χ2n) is 7.81. The van der Waals surface area contributed by atoms with E-state index in [4.69, 9.17) is 5.73 Å². The molecule has 0 aliphatic heterocycles. The molecule has 1 unspecified atom stereocenters. The monoisotopic (exact) mass is 277 g/mol. The molecule has 114 valence electrons. The smallest absolute Gasteiger partial charge is 0.123 e. The first kappa shape index (κ1) is 17.0. The van der Waals surface area contributed by atoms with Gasteiger partial charge in [-0.2, -0.15) is 0 Å². The lowest BCUT2D eigenvalue weighted by Gasteiger charge is -2.29.